The lowest BCUT2D eigenvalue weighted by Crippen LogP contribution is -2.41. The van der Waals surface area contributed by atoms with Gasteiger partial charge in [0, 0.05) is 0 Å². The summed E-state index contributed by atoms with van der Waals surface area (Å²) in [6.45, 7) is 1.33. The zero-order valence-electron chi connectivity index (χ0n) is 9.67. The Labute approximate surface area is 105 Å². The minimum absolute atomic E-state index is 0.188. The van der Waals surface area contributed by atoms with Crippen molar-refractivity contribution in [2.24, 2.45) is 0 Å². The van der Waals surface area contributed by atoms with Gasteiger partial charge in [0.15, 0.2) is 0 Å². The van der Waals surface area contributed by atoms with Crippen LogP contribution in [-0.4, -0.2) is 18.3 Å². The number of ether oxygens (including phenoxy) is 1. The van der Waals surface area contributed by atoms with Gasteiger partial charge in [-0.1, -0.05) is 36.4 Å². The molecule has 0 saturated heterocycles. The molecule has 0 radical (unpaired) electrons. The van der Waals surface area contributed by atoms with Crippen molar-refractivity contribution in [3.05, 3.63) is 42.0 Å². The first-order valence-electron chi connectivity index (χ1n) is 5.08. The molecule has 0 aromatic heterocycles. The van der Waals surface area contributed by atoms with E-state index < -0.39 is 18.3 Å². The zero-order valence-corrected chi connectivity index (χ0v) is 9.67. The van der Waals surface area contributed by atoms with Crippen LogP contribution in [0.4, 0.5) is 22.0 Å². The van der Waals surface area contributed by atoms with Crippen LogP contribution < -0.4 is 0 Å². The molecule has 0 aliphatic rings. The maximum atomic E-state index is 12.6. The Kier molecular flexibility index (Phi) is 4.28. The Morgan fingerprint density at radius 1 is 1.11 bits per heavy atom. The number of carbonyl (C=O) groups is 1. The van der Waals surface area contributed by atoms with Crippen molar-refractivity contribution < 1.29 is 31.5 Å². The lowest BCUT2D eigenvalue weighted by atomic mass is 10.1. The number of halogens is 5. The number of hydrogen-bond donors (Lipinski definition) is 0. The van der Waals surface area contributed by atoms with E-state index in [4.69, 9.17) is 0 Å². The molecule has 19 heavy (non-hydrogen) atoms. The lowest BCUT2D eigenvalue weighted by Gasteiger charge is -2.19. The summed E-state index contributed by atoms with van der Waals surface area (Å²) in [5.74, 6) is -1.74. The number of benzene rings is 1. The number of hydrogen-bond acceptors (Lipinski definition) is 2. The summed E-state index contributed by atoms with van der Waals surface area (Å²) in [4.78, 5) is 11.4. The molecule has 104 valence electrons. The molecular weight excluding hydrogens is 271 g/mol. The fraction of sp³-hybridized carbons (Fsp3) is 0.250. The third-order valence-corrected chi connectivity index (χ3v) is 2.14. The van der Waals surface area contributed by atoms with E-state index in [9.17, 15) is 26.7 Å². The first-order valence-corrected chi connectivity index (χ1v) is 5.08. The Balaban J connectivity index is 2.95. The van der Waals surface area contributed by atoms with E-state index in [1.807, 2.05) is 0 Å². The summed E-state index contributed by atoms with van der Waals surface area (Å²) in [5.41, 5.74) is -0.183. The van der Waals surface area contributed by atoms with Gasteiger partial charge in [0.2, 0.25) is 0 Å². The second-order valence-electron chi connectivity index (χ2n) is 3.47. The molecule has 0 N–H and O–H groups in total. The van der Waals surface area contributed by atoms with Gasteiger partial charge in [0.25, 0.3) is 0 Å². The molecule has 0 amide bonds. The van der Waals surface area contributed by atoms with E-state index >= 15 is 0 Å². The minimum Gasteiger partial charge on any atom is -0.390 e. The van der Waals surface area contributed by atoms with Crippen molar-refractivity contribution in [3.63, 3.8) is 0 Å². The maximum absolute atomic E-state index is 12.6. The van der Waals surface area contributed by atoms with Gasteiger partial charge in [-0.05, 0) is 12.5 Å². The molecule has 0 bridgehead atoms. The van der Waals surface area contributed by atoms with Gasteiger partial charge in [-0.25, -0.2) is 4.79 Å². The van der Waals surface area contributed by atoms with Crippen LogP contribution >= 0.6 is 0 Å². The second kappa shape index (κ2) is 5.38. The molecule has 0 unspecified atom stereocenters. The van der Waals surface area contributed by atoms with Crippen LogP contribution in [0.2, 0.25) is 0 Å². The molecule has 0 atom stereocenters. The molecule has 0 saturated carbocycles. The van der Waals surface area contributed by atoms with Crippen LogP contribution in [0.25, 0.3) is 5.57 Å². The van der Waals surface area contributed by atoms with Gasteiger partial charge in [-0.2, -0.15) is 22.0 Å². The molecular formula is C12H9F5O2. The predicted molar refractivity (Wildman–Crippen MR) is 57.2 cm³/mol. The van der Waals surface area contributed by atoms with Crippen LogP contribution in [0.1, 0.15) is 12.5 Å². The first kappa shape index (κ1) is 15.1. The molecule has 2 nitrogen and oxygen atoms in total. The molecule has 0 aliphatic carbocycles. The van der Waals surface area contributed by atoms with Gasteiger partial charge in [0.1, 0.15) is 0 Å². The highest BCUT2D eigenvalue weighted by atomic mass is 19.4. The van der Waals surface area contributed by atoms with Crippen molar-refractivity contribution in [1.29, 1.82) is 0 Å². The van der Waals surface area contributed by atoms with Crippen LogP contribution in [-0.2, 0) is 9.53 Å². The molecule has 0 heterocycles. The standard InChI is InChI=1S/C12H9F5O2/c1-2-9(8-6-4-3-5-7-8)10(18)19-12(16,17)11(13,14)15/h2-7H,1H3. The summed E-state index contributed by atoms with van der Waals surface area (Å²) in [6, 6.07) is 7.40. The van der Waals surface area contributed by atoms with Crippen molar-refractivity contribution >= 4 is 11.5 Å². The summed E-state index contributed by atoms with van der Waals surface area (Å²) in [6.07, 6.45) is -10.4. The van der Waals surface area contributed by atoms with E-state index in [0.29, 0.717) is 0 Å². The Bertz CT molecular complexity index is 477. The third kappa shape index (κ3) is 3.52. The highest BCUT2D eigenvalue weighted by molar-refractivity contribution is 6.16. The summed E-state index contributed by atoms with van der Waals surface area (Å²) in [5, 5.41) is 0. The number of rotatable bonds is 3. The van der Waals surface area contributed by atoms with Crippen LogP contribution in [0.5, 0.6) is 0 Å². The maximum Gasteiger partial charge on any atom is 0.501 e. The monoisotopic (exact) mass is 280 g/mol. The van der Waals surface area contributed by atoms with E-state index in [1.54, 1.807) is 6.07 Å². The van der Waals surface area contributed by atoms with Gasteiger partial charge < -0.3 is 4.74 Å². The molecule has 7 heteroatoms. The quantitative estimate of drug-likeness (QED) is 0.478. The van der Waals surface area contributed by atoms with Gasteiger partial charge >= 0.3 is 18.3 Å². The Hall–Kier alpha value is -1.92. The van der Waals surface area contributed by atoms with Crippen molar-refractivity contribution in [3.8, 4) is 0 Å². The Morgan fingerprint density at radius 2 is 1.63 bits per heavy atom. The minimum atomic E-state index is -5.95. The predicted octanol–water partition coefficient (Wildman–Crippen LogP) is 3.79. The number of allylic oxidation sites excluding steroid dienone is 1. The van der Waals surface area contributed by atoms with Gasteiger partial charge in [-0.3, -0.25) is 0 Å². The SMILES string of the molecule is CC=C(C(=O)OC(F)(F)C(F)(F)F)c1ccccc1. The fourth-order valence-electron chi connectivity index (χ4n) is 1.25. The summed E-state index contributed by atoms with van der Waals surface area (Å²) < 4.78 is 64.2. The lowest BCUT2D eigenvalue weighted by molar-refractivity contribution is -0.374. The highest BCUT2D eigenvalue weighted by Gasteiger charge is 2.62. The van der Waals surface area contributed by atoms with E-state index in [0.717, 1.165) is 6.08 Å². The third-order valence-electron chi connectivity index (χ3n) is 2.14. The number of esters is 1. The second-order valence-corrected chi connectivity index (χ2v) is 3.47. The summed E-state index contributed by atoms with van der Waals surface area (Å²) in [7, 11) is 0. The summed E-state index contributed by atoms with van der Waals surface area (Å²) >= 11 is 0. The molecule has 1 aromatic carbocycles. The van der Waals surface area contributed by atoms with E-state index in [1.165, 1.54) is 31.2 Å². The molecule has 0 spiro atoms. The molecule has 1 aromatic rings. The smallest absolute Gasteiger partial charge is 0.390 e. The van der Waals surface area contributed by atoms with E-state index in [-0.39, 0.29) is 11.1 Å². The zero-order chi connectivity index (χ0) is 14.7. The topological polar surface area (TPSA) is 26.3 Å². The fourth-order valence-corrected chi connectivity index (χ4v) is 1.25. The number of carbonyl (C=O) groups excluding carboxylic acids is 1. The molecule has 0 fully saturated rings. The van der Waals surface area contributed by atoms with Crippen LogP contribution in [0.15, 0.2) is 36.4 Å². The molecule has 1 rings (SSSR count). The van der Waals surface area contributed by atoms with E-state index in [2.05, 4.69) is 4.74 Å². The average Bonchev–Trinajstić information content (AvgIpc) is 2.29. The van der Waals surface area contributed by atoms with Crippen molar-refractivity contribution in [2.75, 3.05) is 0 Å². The Morgan fingerprint density at radius 3 is 2.05 bits per heavy atom. The highest BCUT2D eigenvalue weighted by Crippen LogP contribution is 2.37. The number of alkyl halides is 5. The van der Waals surface area contributed by atoms with Crippen molar-refractivity contribution in [2.45, 2.75) is 19.2 Å². The average molecular weight is 280 g/mol. The van der Waals surface area contributed by atoms with Crippen LogP contribution in [0, 0.1) is 0 Å². The normalized spacial score (nSPS) is 13.3. The van der Waals surface area contributed by atoms with Gasteiger partial charge in [-0.15, -0.1) is 0 Å². The largest absolute Gasteiger partial charge is 0.501 e. The molecule has 0 aliphatic heterocycles. The first-order chi connectivity index (χ1) is 8.69. The van der Waals surface area contributed by atoms with Crippen molar-refractivity contribution in [1.82, 2.24) is 0 Å². The van der Waals surface area contributed by atoms with Gasteiger partial charge in [0.05, 0.1) is 5.57 Å². The van der Waals surface area contributed by atoms with Crippen LogP contribution in [0.3, 0.4) is 0 Å².